The molecule has 2 aliphatic heterocycles. The van der Waals surface area contributed by atoms with Gasteiger partial charge < -0.3 is 15.2 Å². The van der Waals surface area contributed by atoms with Crippen LogP contribution in [-0.4, -0.2) is 37.3 Å². The van der Waals surface area contributed by atoms with Crippen molar-refractivity contribution in [3.8, 4) is 0 Å². The van der Waals surface area contributed by atoms with Crippen LogP contribution in [0.2, 0.25) is 0 Å². The summed E-state index contributed by atoms with van der Waals surface area (Å²) >= 11 is 0. The van der Waals surface area contributed by atoms with Crippen molar-refractivity contribution in [1.82, 2.24) is 10.6 Å². The Morgan fingerprint density at radius 2 is 1.92 bits per heavy atom. The van der Waals surface area contributed by atoms with Gasteiger partial charge in [0.05, 0.1) is 6.61 Å². The van der Waals surface area contributed by atoms with E-state index in [1.807, 2.05) is 0 Å². The molecule has 2 saturated heterocycles. The highest BCUT2D eigenvalue weighted by molar-refractivity contribution is 5.85. The van der Waals surface area contributed by atoms with Gasteiger partial charge in [-0.3, -0.25) is 5.32 Å². The van der Waals surface area contributed by atoms with Gasteiger partial charge in [-0.25, -0.2) is 0 Å². The fourth-order valence-electron chi connectivity index (χ4n) is 1.96. The minimum atomic E-state index is -1.03. The van der Waals surface area contributed by atoms with Crippen molar-refractivity contribution < 1.29 is 9.84 Å². The number of ether oxygens (including phenoxy) is 1. The van der Waals surface area contributed by atoms with E-state index in [-0.39, 0.29) is 18.3 Å². The highest BCUT2D eigenvalue weighted by atomic mass is 35.5. The molecule has 2 rings (SSSR count). The zero-order chi connectivity index (χ0) is 8.44. The first-order valence-electron chi connectivity index (χ1n) is 4.63. The van der Waals surface area contributed by atoms with Crippen LogP contribution in [-0.2, 0) is 4.74 Å². The second-order valence-electron chi connectivity index (χ2n) is 3.50. The van der Waals surface area contributed by atoms with Gasteiger partial charge >= 0.3 is 0 Å². The first-order valence-corrected chi connectivity index (χ1v) is 4.63. The van der Waals surface area contributed by atoms with Crippen molar-refractivity contribution in [3.63, 3.8) is 0 Å². The first-order chi connectivity index (χ1) is 5.81. The Bertz CT molecular complexity index is 156. The molecule has 0 saturated carbocycles. The molecule has 2 heterocycles. The molecule has 0 aliphatic carbocycles. The third-order valence-electron chi connectivity index (χ3n) is 2.69. The molecule has 4 nitrogen and oxygen atoms in total. The van der Waals surface area contributed by atoms with Gasteiger partial charge in [0.2, 0.25) is 5.91 Å². The van der Waals surface area contributed by atoms with Gasteiger partial charge in [0, 0.05) is 12.5 Å². The topological polar surface area (TPSA) is 53.5 Å². The highest BCUT2D eigenvalue weighted by Gasteiger charge is 2.40. The van der Waals surface area contributed by atoms with E-state index in [0.29, 0.717) is 6.61 Å². The van der Waals surface area contributed by atoms with Gasteiger partial charge in [0.1, 0.15) is 0 Å². The van der Waals surface area contributed by atoms with Crippen LogP contribution in [0.4, 0.5) is 0 Å². The number of hydrogen-bond acceptors (Lipinski definition) is 4. The molecule has 0 amide bonds. The maximum atomic E-state index is 9.95. The number of hydrogen-bond donors (Lipinski definition) is 3. The van der Waals surface area contributed by atoms with E-state index in [1.165, 1.54) is 0 Å². The molecule has 0 aromatic rings. The lowest BCUT2D eigenvalue weighted by molar-refractivity contribution is -0.226. The molecule has 2 fully saturated rings. The number of aliphatic hydroxyl groups is 1. The van der Waals surface area contributed by atoms with Gasteiger partial charge in [-0.15, -0.1) is 12.4 Å². The molecule has 0 spiro atoms. The lowest BCUT2D eigenvalue weighted by Crippen LogP contribution is -2.51. The van der Waals surface area contributed by atoms with Crippen LogP contribution >= 0.6 is 12.4 Å². The maximum absolute atomic E-state index is 9.95. The van der Waals surface area contributed by atoms with E-state index < -0.39 is 5.91 Å². The Balaban J connectivity index is 0.000000845. The van der Waals surface area contributed by atoms with Crippen molar-refractivity contribution in [2.24, 2.45) is 5.92 Å². The van der Waals surface area contributed by atoms with E-state index in [2.05, 4.69) is 10.6 Å². The summed E-state index contributed by atoms with van der Waals surface area (Å²) < 4.78 is 5.30. The first kappa shape index (κ1) is 11.2. The van der Waals surface area contributed by atoms with E-state index in [9.17, 15) is 5.11 Å². The number of halogens is 1. The van der Waals surface area contributed by atoms with Gasteiger partial charge in [0.15, 0.2) is 0 Å². The minimum absolute atomic E-state index is 0. The van der Waals surface area contributed by atoms with Crippen LogP contribution < -0.4 is 10.6 Å². The average molecular weight is 209 g/mol. The fourth-order valence-corrected chi connectivity index (χ4v) is 1.96. The Hall–Kier alpha value is 0.130. The highest BCUT2D eigenvalue weighted by Crippen LogP contribution is 2.26. The predicted molar refractivity (Wildman–Crippen MR) is 51.7 cm³/mol. The summed E-state index contributed by atoms with van der Waals surface area (Å²) in [5.74, 6) is -0.775. The molecule has 0 radical (unpaired) electrons. The molecule has 5 heteroatoms. The molecule has 78 valence electrons. The summed E-state index contributed by atoms with van der Waals surface area (Å²) in [5, 5.41) is 16.2. The quantitative estimate of drug-likeness (QED) is 0.553. The summed E-state index contributed by atoms with van der Waals surface area (Å²) in [6.45, 7) is 3.36. The molecule has 0 aromatic heterocycles. The minimum Gasteiger partial charge on any atom is -0.353 e. The normalized spacial score (nSPS) is 35.8. The van der Waals surface area contributed by atoms with Crippen molar-refractivity contribution in [3.05, 3.63) is 0 Å². The van der Waals surface area contributed by atoms with Crippen molar-refractivity contribution in [2.45, 2.75) is 18.8 Å². The van der Waals surface area contributed by atoms with Gasteiger partial charge in [0.25, 0.3) is 0 Å². The monoisotopic (exact) mass is 208 g/mol. The smallest absolute Gasteiger partial charge is 0.228 e. The number of nitrogens with one attached hydrogen (secondary N) is 2. The number of rotatable bonds is 1. The molecule has 3 N–H and O–H groups in total. The molecule has 1 unspecified atom stereocenters. The Morgan fingerprint density at radius 1 is 1.23 bits per heavy atom. The Kier molecular flexibility index (Phi) is 3.94. The Labute approximate surface area is 84.4 Å². The summed E-state index contributed by atoms with van der Waals surface area (Å²) in [6.07, 6.45) is 1.98. The average Bonchev–Trinajstić information content (AvgIpc) is 2.55. The van der Waals surface area contributed by atoms with E-state index >= 15 is 0 Å². The van der Waals surface area contributed by atoms with Gasteiger partial charge in [-0.2, -0.15) is 0 Å². The third-order valence-corrected chi connectivity index (χ3v) is 2.69. The van der Waals surface area contributed by atoms with Crippen molar-refractivity contribution in [2.75, 3.05) is 26.2 Å². The van der Waals surface area contributed by atoms with Gasteiger partial charge in [-0.05, 0) is 25.9 Å². The molecule has 0 aromatic carbocycles. The summed E-state index contributed by atoms with van der Waals surface area (Å²) in [6, 6.07) is 0. The number of piperidine rings is 1. The zero-order valence-electron chi connectivity index (χ0n) is 7.58. The van der Waals surface area contributed by atoms with Crippen molar-refractivity contribution in [1.29, 1.82) is 0 Å². The van der Waals surface area contributed by atoms with Crippen LogP contribution in [0.1, 0.15) is 12.8 Å². The largest absolute Gasteiger partial charge is 0.353 e. The lowest BCUT2D eigenvalue weighted by atomic mass is 9.94. The third kappa shape index (κ3) is 2.33. The van der Waals surface area contributed by atoms with E-state index in [4.69, 9.17) is 4.74 Å². The second kappa shape index (κ2) is 4.57. The summed E-state index contributed by atoms with van der Waals surface area (Å²) in [7, 11) is 0. The Morgan fingerprint density at radius 3 is 2.46 bits per heavy atom. The molecule has 13 heavy (non-hydrogen) atoms. The molecular weight excluding hydrogens is 192 g/mol. The standard InChI is InChI=1S/C8H16N2O2.ClH/c11-8(10-5-6-12-8)7-1-3-9-4-2-7;/h7,9-11H,1-6H2;1H. The van der Waals surface area contributed by atoms with E-state index in [0.717, 1.165) is 32.5 Å². The summed E-state index contributed by atoms with van der Waals surface area (Å²) in [5.41, 5.74) is 0. The van der Waals surface area contributed by atoms with Crippen LogP contribution in [0.5, 0.6) is 0 Å². The molecule has 1 atom stereocenters. The lowest BCUT2D eigenvalue weighted by Gasteiger charge is -2.34. The van der Waals surface area contributed by atoms with Crippen LogP contribution in [0, 0.1) is 5.92 Å². The molecule has 2 aliphatic rings. The SMILES string of the molecule is Cl.OC1(C2CCNCC2)NCCO1. The second-order valence-corrected chi connectivity index (χ2v) is 3.50. The van der Waals surface area contributed by atoms with Crippen LogP contribution in [0.15, 0.2) is 0 Å². The predicted octanol–water partition coefficient (Wildman–Crippen LogP) is -0.326. The van der Waals surface area contributed by atoms with Crippen LogP contribution in [0.25, 0.3) is 0 Å². The van der Waals surface area contributed by atoms with Gasteiger partial charge in [-0.1, -0.05) is 0 Å². The van der Waals surface area contributed by atoms with E-state index in [1.54, 1.807) is 0 Å². The van der Waals surface area contributed by atoms with Crippen LogP contribution in [0.3, 0.4) is 0 Å². The zero-order valence-corrected chi connectivity index (χ0v) is 8.40. The molecule has 0 bridgehead atoms. The maximum Gasteiger partial charge on any atom is 0.228 e. The van der Waals surface area contributed by atoms with Crippen molar-refractivity contribution >= 4 is 12.4 Å². The fraction of sp³-hybridized carbons (Fsp3) is 1.00. The molecular formula is C8H17ClN2O2. The summed E-state index contributed by atoms with van der Waals surface area (Å²) in [4.78, 5) is 0.